The minimum atomic E-state index is -0.467. The third kappa shape index (κ3) is 12.7. The van der Waals surface area contributed by atoms with Crippen LogP contribution in [0.25, 0.3) is 0 Å². The van der Waals surface area contributed by atoms with Crippen molar-refractivity contribution in [3.05, 3.63) is 102 Å². The summed E-state index contributed by atoms with van der Waals surface area (Å²) in [5.74, 6) is -1.01. The number of hydrogen-bond donors (Lipinski definition) is 3. The van der Waals surface area contributed by atoms with Crippen LogP contribution in [0.2, 0.25) is 0 Å². The van der Waals surface area contributed by atoms with Crippen molar-refractivity contribution in [1.82, 2.24) is 0 Å². The second-order valence-corrected chi connectivity index (χ2v) is 7.73. The zero-order valence-electron chi connectivity index (χ0n) is 21.8. The minimum Gasteiger partial charge on any atom is -0.508 e. The van der Waals surface area contributed by atoms with Gasteiger partial charge in [0.1, 0.15) is 18.1 Å². The average molecular weight is 534 g/mol. The lowest BCUT2D eigenvalue weighted by Gasteiger charge is -2.04. The zero-order valence-corrected chi connectivity index (χ0v) is 21.8. The van der Waals surface area contributed by atoms with E-state index in [4.69, 9.17) is 10.2 Å². The smallest absolute Gasteiger partial charge is 0.333 e. The molecule has 0 heterocycles. The molecule has 39 heavy (non-hydrogen) atoms. The molecule has 0 unspecified atom stereocenters. The van der Waals surface area contributed by atoms with E-state index in [0.717, 1.165) is 17.3 Å². The van der Waals surface area contributed by atoms with Gasteiger partial charge in [-0.2, -0.15) is 10.2 Å². The lowest BCUT2D eigenvalue weighted by atomic mass is 10.0. The first-order chi connectivity index (χ1) is 18.7. The van der Waals surface area contributed by atoms with Gasteiger partial charge in [0.25, 0.3) is 0 Å². The Morgan fingerprint density at radius 3 is 2.21 bits per heavy atom. The molecule has 0 radical (unpaired) electrons. The molecule has 204 valence electrons. The second kappa shape index (κ2) is 18.3. The van der Waals surface area contributed by atoms with E-state index in [9.17, 15) is 19.5 Å². The molecular weight excluding hydrogens is 502 g/mol. The monoisotopic (exact) mass is 533 g/mol. The molecule has 0 aliphatic heterocycles. The summed E-state index contributed by atoms with van der Waals surface area (Å²) in [6.07, 6.45) is 2.03. The van der Waals surface area contributed by atoms with Crippen molar-refractivity contribution in [2.24, 2.45) is 15.2 Å². The normalized spacial score (nSPS) is 9.72. The molecule has 0 saturated carbocycles. The van der Waals surface area contributed by atoms with Crippen LogP contribution in [-0.2, 0) is 20.7 Å². The Bertz CT molecular complexity index is 1280. The highest BCUT2D eigenvalue weighted by molar-refractivity contribution is 6.10. The number of rotatable bonds is 9. The molecule has 3 aromatic rings. The summed E-state index contributed by atoms with van der Waals surface area (Å²) in [7, 11) is 1.64. The number of ether oxygens (including phenoxy) is 1. The Labute approximate surface area is 226 Å². The molecule has 0 aromatic heterocycles. The number of carbonyl (C=O) groups excluding carboxylic acids is 3. The van der Waals surface area contributed by atoms with E-state index in [1.54, 1.807) is 38.2 Å². The molecule has 0 spiro atoms. The van der Waals surface area contributed by atoms with Crippen LogP contribution in [0.15, 0.2) is 100 Å². The summed E-state index contributed by atoms with van der Waals surface area (Å²) >= 11 is 0. The molecule has 0 bridgehead atoms. The number of benzene rings is 3. The molecule has 0 atom stereocenters. The number of ketones is 1. The summed E-state index contributed by atoms with van der Waals surface area (Å²) in [5, 5.41) is 34.8. The Hall–Kier alpha value is -4.92. The number of aliphatic imine (C=N–C) groups is 1. The van der Waals surface area contributed by atoms with E-state index < -0.39 is 5.97 Å². The van der Waals surface area contributed by atoms with Crippen LogP contribution >= 0.6 is 0 Å². The van der Waals surface area contributed by atoms with Gasteiger partial charge in [-0.1, -0.05) is 49.0 Å². The molecule has 0 aliphatic carbocycles. The van der Waals surface area contributed by atoms with Gasteiger partial charge in [-0.3, -0.25) is 4.79 Å². The first kappa shape index (κ1) is 32.1. The minimum absolute atomic E-state index is 0.0675. The van der Waals surface area contributed by atoms with Crippen molar-refractivity contribution in [3.63, 3.8) is 0 Å². The third-order valence-corrected chi connectivity index (χ3v) is 4.66. The highest BCUT2D eigenvalue weighted by Gasteiger charge is 2.13. The molecule has 0 amide bonds. The Kier molecular flexibility index (Phi) is 15.1. The van der Waals surface area contributed by atoms with Crippen LogP contribution in [-0.4, -0.2) is 60.0 Å². The van der Waals surface area contributed by atoms with Crippen molar-refractivity contribution in [3.8, 4) is 11.5 Å². The number of isocyanates is 1. The number of aliphatic hydroxyl groups is 1. The number of phenolic OH excluding ortho intramolecular Hbond substituents is 2. The number of azo groups is 1. The number of phenols is 2. The molecule has 10 nitrogen and oxygen atoms in total. The van der Waals surface area contributed by atoms with E-state index in [2.05, 4.69) is 26.5 Å². The van der Waals surface area contributed by atoms with Crippen LogP contribution in [0.5, 0.6) is 11.5 Å². The molecule has 0 saturated heterocycles. The standard InChI is InChI=1S/C13H10O3.C9H12N2O.C7H9NO3/c14-10-6-7-11(12(15)8-10)13(16)9-4-2-1-3-5-9;1-10-11-9-4-2-8(3-5-9)6-7-12;1-6(2)7(10)11-4-3-8-5-9/h1-8,14-15H;2-5,12H,6-7H2,1H3;1,3-4H2,2H3. The predicted molar refractivity (Wildman–Crippen MR) is 146 cm³/mol. The van der Waals surface area contributed by atoms with Gasteiger partial charge in [-0.15, -0.1) is 0 Å². The van der Waals surface area contributed by atoms with Crippen molar-refractivity contribution in [2.75, 3.05) is 26.8 Å². The van der Waals surface area contributed by atoms with Gasteiger partial charge in [-0.05, 0) is 43.2 Å². The molecular formula is C29H31N3O7. The highest BCUT2D eigenvalue weighted by Crippen LogP contribution is 2.24. The fourth-order valence-electron chi connectivity index (χ4n) is 2.78. The van der Waals surface area contributed by atoms with Crippen molar-refractivity contribution < 1.29 is 34.4 Å². The summed E-state index contributed by atoms with van der Waals surface area (Å²) < 4.78 is 4.59. The Morgan fingerprint density at radius 2 is 1.67 bits per heavy atom. The molecule has 3 rings (SSSR count). The van der Waals surface area contributed by atoms with E-state index in [1.807, 2.05) is 30.3 Å². The van der Waals surface area contributed by atoms with E-state index in [1.165, 1.54) is 18.2 Å². The van der Waals surface area contributed by atoms with Gasteiger partial charge in [0.2, 0.25) is 6.08 Å². The van der Waals surface area contributed by atoms with Gasteiger partial charge < -0.3 is 20.1 Å². The predicted octanol–water partition coefficient (Wildman–Crippen LogP) is 4.71. The number of aliphatic hydroxyl groups excluding tert-OH is 1. The number of aromatic hydroxyl groups is 2. The summed E-state index contributed by atoms with van der Waals surface area (Å²) in [6, 6.07) is 20.3. The van der Waals surface area contributed by atoms with Gasteiger partial charge >= 0.3 is 5.97 Å². The lowest BCUT2D eigenvalue weighted by Crippen LogP contribution is -2.07. The maximum Gasteiger partial charge on any atom is 0.333 e. The topological polar surface area (TPSA) is 158 Å². The van der Waals surface area contributed by atoms with Crippen LogP contribution in [0.1, 0.15) is 28.4 Å². The van der Waals surface area contributed by atoms with Gasteiger partial charge in [0.05, 0.1) is 17.8 Å². The van der Waals surface area contributed by atoms with Crippen LogP contribution < -0.4 is 0 Å². The molecule has 10 heteroatoms. The van der Waals surface area contributed by atoms with Gasteiger partial charge in [0.15, 0.2) is 5.78 Å². The SMILES string of the molecule is C=C(C)C(=O)OCCN=C=O.CN=Nc1ccc(CCO)cc1.O=C(c1ccccc1)c1ccc(O)cc1O. The lowest BCUT2D eigenvalue weighted by molar-refractivity contribution is -0.138. The summed E-state index contributed by atoms with van der Waals surface area (Å²) in [5.41, 5.74) is 2.99. The average Bonchev–Trinajstić information content (AvgIpc) is 2.93. The highest BCUT2D eigenvalue weighted by atomic mass is 16.5. The van der Waals surface area contributed by atoms with E-state index in [0.29, 0.717) is 17.6 Å². The van der Waals surface area contributed by atoms with Gasteiger partial charge in [0, 0.05) is 30.9 Å². The Balaban J connectivity index is 0.000000300. The van der Waals surface area contributed by atoms with Crippen molar-refractivity contribution in [1.29, 1.82) is 0 Å². The molecule has 0 fully saturated rings. The molecule has 0 aliphatic rings. The molecule has 3 N–H and O–H groups in total. The van der Waals surface area contributed by atoms with Crippen LogP contribution in [0.4, 0.5) is 5.69 Å². The third-order valence-electron chi connectivity index (χ3n) is 4.66. The fourth-order valence-corrected chi connectivity index (χ4v) is 2.78. The molecule has 3 aromatic carbocycles. The fraction of sp³-hybridized carbons (Fsp3) is 0.207. The maximum atomic E-state index is 11.9. The number of esters is 1. The van der Waals surface area contributed by atoms with Gasteiger partial charge in [-0.25, -0.2) is 14.6 Å². The largest absolute Gasteiger partial charge is 0.508 e. The zero-order chi connectivity index (χ0) is 29.0. The first-order valence-corrected chi connectivity index (χ1v) is 11.7. The second-order valence-electron chi connectivity index (χ2n) is 7.73. The van der Waals surface area contributed by atoms with Crippen LogP contribution in [0, 0.1) is 0 Å². The van der Waals surface area contributed by atoms with E-state index in [-0.39, 0.29) is 42.6 Å². The van der Waals surface area contributed by atoms with Crippen molar-refractivity contribution in [2.45, 2.75) is 13.3 Å². The quantitative estimate of drug-likeness (QED) is 0.0683. The van der Waals surface area contributed by atoms with Crippen molar-refractivity contribution >= 4 is 23.5 Å². The number of hydrogen-bond acceptors (Lipinski definition) is 10. The first-order valence-electron chi connectivity index (χ1n) is 11.7. The van der Waals surface area contributed by atoms with E-state index >= 15 is 0 Å². The summed E-state index contributed by atoms with van der Waals surface area (Å²) in [4.78, 5) is 35.3. The Morgan fingerprint density at radius 1 is 1.00 bits per heavy atom. The number of nitrogens with zero attached hydrogens (tertiary/aromatic N) is 3. The summed E-state index contributed by atoms with van der Waals surface area (Å²) in [6.45, 7) is 5.36. The van der Waals surface area contributed by atoms with Crippen LogP contribution in [0.3, 0.4) is 0 Å². The number of carbonyl (C=O) groups is 2. The maximum absolute atomic E-state index is 11.9.